The van der Waals surface area contributed by atoms with Crippen LogP contribution in [0.2, 0.25) is 0 Å². The first-order chi connectivity index (χ1) is 12.4. The predicted octanol–water partition coefficient (Wildman–Crippen LogP) is 1.05. The third kappa shape index (κ3) is 6.16. The van der Waals surface area contributed by atoms with Crippen LogP contribution in [0.3, 0.4) is 0 Å². The molecule has 0 aliphatic rings. The van der Waals surface area contributed by atoms with Gasteiger partial charge in [0, 0.05) is 11.6 Å². The zero-order valence-electron chi connectivity index (χ0n) is 14.1. The standard InChI is InChI=1S/C18H19N3O5/c1-12-3-2-4-15(7-12)26-11-18(25)19-10-17(24)21-20-9-13-5-6-14(22)8-16(13)23/h2-9,22-23H,10-11H2,1H3,(H,19,25)(H,21,24). The van der Waals surface area contributed by atoms with Crippen molar-refractivity contribution in [2.24, 2.45) is 5.10 Å². The summed E-state index contributed by atoms with van der Waals surface area (Å²) in [5.74, 6) is -0.669. The SMILES string of the molecule is Cc1cccc(OCC(=O)NCC(=O)NN=Cc2ccc(O)cc2O)c1. The van der Waals surface area contributed by atoms with Gasteiger partial charge in [-0.25, -0.2) is 5.43 Å². The fraction of sp³-hybridized carbons (Fsp3) is 0.167. The van der Waals surface area contributed by atoms with E-state index < -0.39 is 11.8 Å². The van der Waals surface area contributed by atoms with Crippen molar-refractivity contribution in [3.05, 3.63) is 53.6 Å². The quantitative estimate of drug-likeness (QED) is 0.436. The summed E-state index contributed by atoms with van der Waals surface area (Å²) < 4.78 is 5.32. The van der Waals surface area contributed by atoms with Crippen LogP contribution in [0.5, 0.6) is 17.2 Å². The fourth-order valence-corrected chi connectivity index (χ4v) is 1.94. The molecule has 0 aromatic heterocycles. The number of hydrazone groups is 1. The number of ether oxygens (including phenoxy) is 1. The van der Waals surface area contributed by atoms with Crippen LogP contribution in [0.4, 0.5) is 0 Å². The summed E-state index contributed by atoms with van der Waals surface area (Å²) in [5, 5.41) is 24.8. The third-order valence-electron chi connectivity index (χ3n) is 3.21. The van der Waals surface area contributed by atoms with Crippen LogP contribution in [0, 0.1) is 6.92 Å². The Balaban J connectivity index is 1.70. The van der Waals surface area contributed by atoms with E-state index in [4.69, 9.17) is 4.74 Å². The summed E-state index contributed by atoms with van der Waals surface area (Å²) in [7, 11) is 0. The van der Waals surface area contributed by atoms with Crippen LogP contribution in [0.1, 0.15) is 11.1 Å². The van der Waals surface area contributed by atoms with Gasteiger partial charge >= 0.3 is 0 Å². The van der Waals surface area contributed by atoms with Crippen molar-refractivity contribution in [2.75, 3.05) is 13.2 Å². The van der Waals surface area contributed by atoms with E-state index in [1.807, 2.05) is 19.1 Å². The van der Waals surface area contributed by atoms with E-state index in [0.29, 0.717) is 11.3 Å². The first-order valence-corrected chi connectivity index (χ1v) is 7.74. The number of hydrogen-bond donors (Lipinski definition) is 4. The Morgan fingerprint density at radius 2 is 1.96 bits per heavy atom. The molecule has 0 aliphatic heterocycles. The third-order valence-corrected chi connectivity index (χ3v) is 3.21. The van der Waals surface area contributed by atoms with Gasteiger partial charge in [-0.15, -0.1) is 0 Å². The van der Waals surface area contributed by atoms with Gasteiger partial charge in [0.1, 0.15) is 17.2 Å². The van der Waals surface area contributed by atoms with Gasteiger partial charge in [-0.3, -0.25) is 9.59 Å². The molecule has 2 amide bonds. The minimum atomic E-state index is -0.538. The Morgan fingerprint density at radius 1 is 1.15 bits per heavy atom. The van der Waals surface area contributed by atoms with Gasteiger partial charge in [-0.1, -0.05) is 12.1 Å². The number of nitrogens with one attached hydrogen (secondary N) is 2. The van der Waals surface area contributed by atoms with E-state index >= 15 is 0 Å². The molecule has 8 heteroatoms. The van der Waals surface area contributed by atoms with Gasteiger partial charge in [0.25, 0.3) is 11.8 Å². The number of benzene rings is 2. The lowest BCUT2D eigenvalue weighted by molar-refractivity contribution is -0.127. The molecule has 0 spiro atoms. The molecule has 8 nitrogen and oxygen atoms in total. The van der Waals surface area contributed by atoms with Crippen LogP contribution in [-0.2, 0) is 9.59 Å². The molecule has 2 aromatic carbocycles. The molecular weight excluding hydrogens is 338 g/mol. The van der Waals surface area contributed by atoms with Crippen LogP contribution in [0.15, 0.2) is 47.6 Å². The van der Waals surface area contributed by atoms with Crippen molar-refractivity contribution in [3.63, 3.8) is 0 Å². The van der Waals surface area contributed by atoms with Crippen molar-refractivity contribution in [3.8, 4) is 17.2 Å². The van der Waals surface area contributed by atoms with Crippen molar-refractivity contribution in [1.29, 1.82) is 0 Å². The number of rotatable bonds is 7. The maximum Gasteiger partial charge on any atom is 0.259 e. The number of hydrogen-bond acceptors (Lipinski definition) is 6. The molecule has 0 heterocycles. The average Bonchev–Trinajstić information content (AvgIpc) is 2.60. The topological polar surface area (TPSA) is 120 Å². The summed E-state index contributed by atoms with van der Waals surface area (Å²) in [6.45, 7) is 1.44. The van der Waals surface area contributed by atoms with Gasteiger partial charge in [0.2, 0.25) is 0 Å². The Labute approximate surface area is 150 Å². The second kappa shape index (κ2) is 9.07. The van der Waals surface area contributed by atoms with Crippen LogP contribution in [-0.4, -0.2) is 41.4 Å². The summed E-state index contributed by atoms with van der Waals surface area (Å²) in [5.41, 5.74) is 3.54. The van der Waals surface area contributed by atoms with Crippen molar-refractivity contribution < 1.29 is 24.5 Å². The number of phenols is 2. The molecule has 136 valence electrons. The molecule has 0 unspecified atom stereocenters. The van der Waals surface area contributed by atoms with E-state index in [0.717, 1.165) is 11.6 Å². The highest BCUT2D eigenvalue weighted by Crippen LogP contribution is 2.20. The Morgan fingerprint density at radius 3 is 2.69 bits per heavy atom. The number of carbonyl (C=O) groups excluding carboxylic acids is 2. The number of amides is 2. The minimum Gasteiger partial charge on any atom is -0.508 e. The van der Waals surface area contributed by atoms with Gasteiger partial charge < -0.3 is 20.3 Å². The number of carbonyl (C=O) groups is 2. The maximum absolute atomic E-state index is 11.7. The summed E-state index contributed by atoms with van der Waals surface area (Å²) >= 11 is 0. The maximum atomic E-state index is 11.7. The van der Waals surface area contributed by atoms with E-state index in [-0.39, 0.29) is 24.7 Å². The largest absolute Gasteiger partial charge is 0.508 e. The average molecular weight is 357 g/mol. The number of aromatic hydroxyl groups is 2. The normalized spacial score (nSPS) is 10.5. The molecule has 0 saturated carbocycles. The Kier molecular flexibility index (Phi) is 6.55. The smallest absolute Gasteiger partial charge is 0.259 e. The molecule has 0 radical (unpaired) electrons. The van der Waals surface area contributed by atoms with E-state index in [9.17, 15) is 19.8 Å². The highest BCUT2D eigenvalue weighted by Gasteiger charge is 2.06. The fourth-order valence-electron chi connectivity index (χ4n) is 1.94. The highest BCUT2D eigenvalue weighted by atomic mass is 16.5. The lowest BCUT2D eigenvalue weighted by Crippen LogP contribution is -2.37. The predicted molar refractivity (Wildman–Crippen MR) is 95.2 cm³/mol. The summed E-state index contributed by atoms with van der Waals surface area (Å²) in [6, 6.07) is 11.2. The summed E-state index contributed by atoms with van der Waals surface area (Å²) in [4.78, 5) is 23.3. The molecule has 2 rings (SSSR count). The second-order valence-corrected chi connectivity index (χ2v) is 5.42. The monoisotopic (exact) mass is 357 g/mol. The molecular formula is C18H19N3O5. The van der Waals surface area contributed by atoms with E-state index in [1.54, 1.807) is 12.1 Å². The van der Waals surface area contributed by atoms with E-state index in [1.165, 1.54) is 18.3 Å². The number of phenolic OH excluding ortho intramolecular Hbond substituents is 2. The minimum absolute atomic E-state index is 0.0840. The molecule has 0 aliphatic carbocycles. The Hall–Kier alpha value is -3.55. The zero-order chi connectivity index (χ0) is 18.9. The number of aryl methyl sites for hydroxylation is 1. The molecule has 0 bridgehead atoms. The zero-order valence-corrected chi connectivity index (χ0v) is 14.1. The van der Waals surface area contributed by atoms with Gasteiger partial charge in [0.05, 0.1) is 12.8 Å². The van der Waals surface area contributed by atoms with Crippen LogP contribution in [0.25, 0.3) is 0 Å². The second-order valence-electron chi connectivity index (χ2n) is 5.42. The molecule has 4 N–H and O–H groups in total. The summed E-state index contributed by atoms with van der Waals surface area (Å²) in [6.07, 6.45) is 1.22. The lowest BCUT2D eigenvalue weighted by Gasteiger charge is -2.07. The van der Waals surface area contributed by atoms with Crippen molar-refractivity contribution in [2.45, 2.75) is 6.92 Å². The molecule has 0 saturated heterocycles. The van der Waals surface area contributed by atoms with Gasteiger partial charge in [0.15, 0.2) is 6.61 Å². The van der Waals surface area contributed by atoms with Crippen molar-refractivity contribution in [1.82, 2.24) is 10.7 Å². The number of nitrogens with zero attached hydrogens (tertiary/aromatic N) is 1. The lowest BCUT2D eigenvalue weighted by atomic mass is 10.2. The molecule has 26 heavy (non-hydrogen) atoms. The van der Waals surface area contributed by atoms with Gasteiger partial charge in [-0.2, -0.15) is 5.10 Å². The van der Waals surface area contributed by atoms with Crippen LogP contribution < -0.4 is 15.5 Å². The molecule has 2 aromatic rings. The van der Waals surface area contributed by atoms with E-state index in [2.05, 4.69) is 15.8 Å². The van der Waals surface area contributed by atoms with Gasteiger partial charge in [-0.05, 0) is 36.8 Å². The highest BCUT2D eigenvalue weighted by molar-refractivity contribution is 5.87. The molecule has 0 fully saturated rings. The van der Waals surface area contributed by atoms with Crippen molar-refractivity contribution >= 4 is 18.0 Å². The van der Waals surface area contributed by atoms with Crippen LogP contribution >= 0.6 is 0 Å². The first-order valence-electron chi connectivity index (χ1n) is 7.74. The Bertz CT molecular complexity index is 820. The molecule has 0 atom stereocenters. The first kappa shape index (κ1) is 18.8.